The summed E-state index contributed by atoms with van der Waals surface area (Å²) >= 11 is 0. The van der Waals surface area contributed by atoms with E-state index in [-0.39, 0.29) is 10.8 Å². The molecule has 2 rings (SSSR count). The molecule has 0 radical (unpaired) electrons. The molecule has 0 fully saturated rings. The first-order valence-electron chi connectivity index (χ1n) is 5.05. The van der Waals surface area contributed by atoms with Gasteiger partial charge in [0.25, 0.3) is 10.0 Å². The van der Waals surface area contributed by atoms with Crippen molar-refractivity contribution in [1.29, 1.82) is 0 Å². The van der Waals surface area contributed by atoms with E-state index in [1.54, 1.807) is 25.1 Å². The molecular weight excluding hydrogens is 256 g/mol. The molecule has 0 spiro atoms. The zero-order valence-corrected chi connectivity index (χ0v) is 10.4. The lowest BCUT2D eigenvalue weighted by Gasteiger charge is -2.09. The lowest BCUT2D eigenvalue weighted by atomic mass is 10.3. The minimum absolute atomic E-state index is 0.0292. The second-order valence-electron chi connectivity index (χ2n) is 3.58. The van der Waals surface area contributed by atoms with Crippen LogP contribution in [0.25, 0.3) is 0 Å². The molecule has 0 amide bonds. The Morgan fingerprint density at radius 1 is 1.33 bits per heavy atom. The van der Waals surface area contributed by atoms with E-state index in [9.17, 15) is 8.42 Å². The van der Waals surface area contributed by atoms with Gasteiger partial charge in [0.05, 0.1) is 11.4 Å². The number of rotatable bonds is 4. The highest BCUT2D eigenvalue weighted by molar-refractivity contribution is 7.92. The van der Waals surface area contributed by atoms with Gasteiger partial charge in [-0.3, -0.25) is 5.84 Å². The SMILES string of the molecule is Cc1cc(NS(=O)(=O)c2ccccc2NN)on1. The van der Waals surface area contributed by atoms with Crippen molar-refractivity contribution in [3.8, 4) is 0 Å². The summed E-state index contributed by atoms with van der Waals surface area (Å²) in [4.78, 5) is 0.0292. The highest BCUT2D eigenvalue weighted by Gasteiger charge is 2.19. The third-order valence-electron chi connectivity index (χ3n) is 2.20. The molecule has 0 unspecified atom stereocenters. The number of hydrogen-bond acceptors (Lipinski definition) is 6. The molecule has 0 aliphatic rings. The molecular formula is C10H12N4O3S. The number of benzene rings is 1. The number of sulfonamides is 1. The van der Waals surface area contributed by atoms with Crippen molar-refractivity contribution in [2.75, 3.05) is 10.1 Å². The minimum atomic E-state index is -3.77. The van der Waals surface area contributed by atoms with E-state index in [1.807, 2.05) is 0 Å². The van der Waals surface area contributed by atoms with Gasteiger partial charge in [-0.25, -0.2) is 13.1 Å². The third-order valence-corrected chi connectivity index (χ3v) is 3.60. The molecule has 0 bridgehead atoms. The second-order valence-corrected chi connectivity index (χ2v) is 5.23. The average molecular weight is 268 g/mol. The Kier molecular flexibility index (Phi) is 3.21. The molecule has 1 aromatic heterocycles. The smallest absolute Gasteiger partial charge is 0.266 e. The van der Waals surface area contributed by atoms with Gasteiger partial charge in [-0.1, -0.05) is 17.3 Å². The van der Waals surface area contributed by atoms with Crippen LogP contribution in [0.4, 0.5) is 11.6 Å². The van der Waals surface area contributed by atoms with E-state index in [0.717, 1.165) is 0 Å². The number of nitrogens with zero attached hydrogens (tertiary/aromatic N) is 1. The Morgan fingerprint density at radius 3 is 2.67 bits per heavy atom. The molecule has 0 atom stereocenters. The second kappa shape index (κ2) is 4.67. The first-order chi connectivity index (χ1) is 8.53. The van der Waals surface area contributed by atoms with Crippen LogP contribution in [0.5, 0.6) is 0 Å². The van der Waals surface area contributed by atoms with Gasteiger partial charge < -0.3 is 9.95 Å². The minimum Gasteiger partial charge on any atom is -0.338 e. The van der Waals surface area contributed by atoms with Crippen molar-refractivity contribution in [2.24, 2.45) is 5.84 Å². The van der Waals surface area contributed by atoms with Crippen molar-refractivity contribution in [3.05, 3.63) is 36.0 Å². The van der Waals surface area contributed by atoms with Gasteiger partial charge >= 0.3 is 0 Å². The zero-order valence-electron chi connectivity index (χ0n) is 9.54. The average Bonchev–Trinajstić information content (AvgIpc) is 2.74. The molecule has 2 aromatic rings. The molecule has 8 heteroatoms. The molecule has 0 aliphatic heterocycles. The van der Waals surface area contributed by atoms with Crippen LogP contribution in [0.2, 0.25) is 0 Å². The van der Waals surface area contributed by atoms with Crippen molar-refractivity contribution >= 4 is 21.6 Å². The Labute approximate surface area is 104 Å². The van der Waals surface area contributed by atoms with Gasteiger partial charge in [-0.05, 0) is 19.1 Å². The maximum atomic E-state index is 12.1. The summed E-state index contributed by atoms with van der Waals surface area (Å²) in [6.45, 7) is 1.69. The molecule has 0 saturated heterocycles. The Hall–Kier alpha value is -2.06. The van der Waals surface area contributed by atoms with Crippen molar-refractivity contribution in [1.82, 2.24) is 5.16 Å². The fraction of sp³-hybridized carbons (Fsp3) is 0.100. The number of anilines is 2. The van der Waals surface area contributed by atoms with E-state index < -0.39 is 10.0 Å². The number of nitrogens with one attached hydrogen (secondary N) is 2. The summed E-state index contributed by atoms with van der Waals surface area (Å²) in [5.74, 6) is 5.32. The number of nitrogens with two attached hydrogens (primary N) is 1. The standard InChI is InChI=1S/C10H12N4O3S/c1-7-6-10(17-13-7)14-18(15,16)9-5-3-2-4-8(9)12-11/h2-6,12,14H,11H2,1H3. The van der Waals surface area contributed by atoms with Gasteiger partial charge in [0.2, 0.25) is 5.88 Å². The summed E-state index contributed by atoms with van der Waals surface area (Å²) < 4.78 is 31.3. The third kappa shape index (κ3) is 2.44. The molecule has 18 heavy (non-hydrogen) atoms. The van der Waals surface area contributed by atoms with Crippen molar-refractivity contribution < 1.29 is 12.9 Å². The Bertz CT molecular complexity index is 651. The molecule has 4 N–H and O–H groups in total. The number of nitrogen functional groups attached to an aromatic ring is 1. The van der Waals surface area contributed by atoms with Crippen LogP contribution in [0.3, 0.4) is 0 Å². The van der Waals surface area contributed by atoms with E-state index >= 15 is 0 Å². The highest BCUT2D eigenvalue weighted by Crippen LogP contribution is 2.22. The Balaban J connectivity index is 2.36. The number of aryl methyl sites for hydroxylation is 1. The van der Waals surface area contributed by atoms with E-state index in [4.69, 9.17) is 10.4 Å². The van der Waals surface area contributed by atoms with E-state index in [2.05, 4.69) is 15.3 Å². The number of hydrazine groups is 1. The predicted octanol–water partition coefficient (Wildman–Crippen LogP) is 1.07. The number of aromatic nitrogens is 1. The summed E-state index contributed by atoms with van der Waals surface area (Å²) in [5, 5.41) is 3.59. The first-order valence-corrected chi connectivity index (χ1v) is 6.53. The first kappa shape index (κ1) is 12.4. The summed E-state index contributed by atoms with van der Waals surface area (Å²) in [6.07, 6.45) is 0. The Morgan fingerprint density at radius 2 is 2.06 bits per heavy atom. The maximum Gasteiger partial charge on any atom is 0.266 e. The fourth-order valence-corrected chi connectivity index (χ4v) is 2.56. The highest BCUT2D eigenvalue weighted by atomic mass is 32.2. The lowest BCUT2D eigenvalue weighted by molar-refractivity contribution is 0.430. The molecule has 1 aromatic carbocycles. The van der Waals surface area contributed by atoms with Gasteiger partial charge in [-0.2, -0.15) is 0 Å². The maximum absolute atomic E-state index is 12.1. The molecule has 7 nitrogen and oxygen atoms in total. The van der Waals surface area contributed by atoms with E-state index in [0.29, 0.717) is 11.4 Å². The van der Waals surface area contributed by atoms with Crippen LogP contribution < -0.4 is 16.0 Å². The molecule has 96 valence electrons. The van der Waals surface area contributed by atoms with Crippen LogP contribution in [-0.2, 0) is 10.0 Å². The molecule has 0 saturated carbocycles. The summed E-state index contributed by atoms with van der Waals surface area (Å²) in [5.41, 5.74) is 3.20. The number of para-hydroxylation sites is 1. The number of hydrogen-bond donors (Lipinski definition) is 3. The van der Waals surface area contributed by atoms with Crippen LogP contribution in [0.1, 0.15) is 5.69 Å². The zero-order chi connectivity index (χ0) is 13.2. The molecule has 0 aliphatic carbocycles. The fourth-order valence-electron chi connectivity index (χ4n) is 1.42. The molecule has 1 heterocycles. The van der Waals surface area contributed by atoms with Crippen LogP contribution in [0, 0.1) is 6.92 Å². The topological polar surface area (TPSA) is 110 Å². The van der Waals surface area contributed by atoms with Gasteiger partial charge in [0.15, 0.2) is 0 Å². The predicted molar refractivity (Wildman–Crippen MR) is 66.3 cm³/mol. The van der Waals surface area contributed by atoms with Crippen LogP contribution in [0.15, 0.2) is 39.8 Å². The summed E-state index contributed by atoms with van der Waals surface area (Å²) in [6, 6.07) is 7.74. The van der Waals surface area contributed by atoms with E-state index in [1.165, 1.54) is 12.1 Å². The van der Waals surface area contributed by atoms with Crippen LogP contribution >= 0.6 is 0 Å². The van der Waals surface area contributed by atoms with Crippen LogP contribution in [-0.4, -0.2) is 13.6 Å². The lowest BCUT2D eigenvalue weighted by Crippen LogP contribution is -2.17. The quantitative estimate of drug-likeness (QED) is 0.565. The normalized spacial score (nSPS) is 11.2. The van der Waals surface area contributed by atoms with Crippen molar-refractivity contribution in [2.45, 2.75) is 11.8 Å². The van der Waals surface area contributed by atoms with Crippen molar-refractivity contribution in [3.63, 3.8) is 0 Å². The van der Waals surface area contributed by atoms with Gasteiger partial charge in [0.1, 0.15) is 4.90 Å². The van der Waals surface area contributed by atoms with Gasteiger partial charge in [-0.15, -0.1) is 0 Å². The summed E-state index contributed by atoms with van der Waals surface area (Å²) in [7, 11) is -3.77. The largest absolute Gasteiger partial charge is 0.338 e. The van der Waals surface area contributed by atoms with Gasteiger partial charge in [0, 0.05) is 6.07 Å². The monoisotopic (exact) mass is 268 g/mol.